The molecule has 2 aromatic carbocycles. The van der Waals surface area contributed by atoms with Crippen molar-refractivity contribution in [2.45, 2.75) is 32.1 Å². The van der Waals surface area contributed by atoms with Crippen LogP contribution in [0.2, 0.25) is 0 Å². The Morgan fingerprint density at radius 1 is 1.11 bits per heavy atom. The summed E-state index contributed by atoms with van der Waals surface area (Å²) in [6.07, 6.45) is 2.55. The third-order valence-electron chi connectivity index (χ3n) is 6.23. The first-order chi connectivity index (χ1) is 16.6. The number of carbonyl (C=O) groups is 1. The van der Waals surface area contributed by atoms with E-state index >= 15 is 0 Å². The average molecular weight is 499 g/mol. The summed E-state index contributed by atoms with van der Waals surface area (Å²) in [4.78, 5) is 28.1. The van der Waals surface area contributed by atoms with E-state index in [1.165, 1.54) is 34.2 Å². The number of amides is 1. The van der Waals surface area contributed by atoms with Crippen LogP contribution in [-0.4, -0.2) is 48.4 Å². The maximum atomic E-state index is 13.5. The molecule has 1 aliphatic rings. The Kier molecular flexibility index (Phi) is 6.86. The molecular weight excluding hydrogens is 468 g/mol. The second-order valence-corrected chi connectivity index (χ2v) is 11.1. The van der Waals surface area contributed by atoms with Crippen LogP contribution in [0.1, 0.15) is 36.3 Å². The number of aromatic amines is 1. The molecule has 1 saturated heterocycles. The number of rotatable bonds is 6. The van der Waals surface area contributed by atoms with Gasteiger partial charge in [0.2, 0.25) is 10.0 Å². The number of sulfonamides is 1. The Morgan fingerprint density at radius 2 is 1.80 bits per heavy atom. The molecule has 0 spiro atoms. The highest BCUT2D eigenvalue weighted by Gasteiger charge is 2.34. The summed E-state index contributed by atoms with van der Waals surface area (Å²) < 4.78 is 35.4. The molecule has 0 saturated carbocycles. The summed E-state index contributed by atoms with van der Waals surface area (Å²) in [5.74, 6) is 0.158. The number of hydrogen-bond acceptors (Lipinski definition) is 5. The molecule has 0 bridgehead atoms. The molecule has 1 aromatic heterocycles. The molecule has 2 N–H and O–H groups in total. The second kappa shape index (κ2) is 9.71. The van der Waals surface area contributed by atoms with Crippen LogP contribution in [0.3, 0.4) is 0 Å². The van der Waals surface area contributed by atoms with Gasteiger partial charge in [0.1, 0.15) is 10.6 Å². The average Bonchev–Trinajstić information content (AvgIpc) is 3.16. The lowest BCUT2D eigenvalue weighted by Gasteiger charge is -2.34. The van der Waals surface area contributed by atoms with E-state index in [1.54, 1.807) is 37.4 Å². The highest BCUT2D eigenvalue weighted by molar-refractivity contribution is 7.89. The number of methoxy groups -OCH3 is 1. The fourth-order valence-corrected chi connectivity index (χ4v) is 6.55. The lowest BCUT2D eigenvalue weighted by Crippen LogP contribution is -2.42. The van der Waals surface area contributed by atoms with Crippen LogP contribution in [0.4, 0.5) is 5.69 Å². The van der Waals surface area contributed by atoms with E-state index in [2.05, 4.69) is 10.3 Å². The molecule has 35 heavy (non-hydrogen) atoms. The first-order valence-electron chi connectivity index (χ1n) is 11.5. The first kappa shape index (κ1) is 24.7. The standard InChI is InChI=1S/C25H30N4O5S/c1-16-11-17(2)15-28(14-16)35(32,33)23-12-19(9-10-22(23)34-4)24(30)27-20-7-5-6-8-21(20)29-18(3)13-26-25(29)31/h5-10,12-13,16-17H,11,14-15H2,1-4H3,(H,26,31)(H,27,30). The molecule has 9 nitrogen and oxygen atoms in total. The number of H-pyrrole nitrogens is 1. The van der Waals surface area contributed by atoms with Crippen molar-refractivity contribution in [2.75, 3.05) is 25.5 Å². The minimum Gasteiger partial charge on any atom is -0.495 e. The first-order valence-corrected chi connectivity index (χ1v) is 12.9. The van der Waals surface area contributed by atoms with Gasteiger partial charge in [0.25, 0.3) is 5.91 Å². The summed E-state index contributed by atoms with van der Waals surface area (Å²) in [6.45, 7) is 6.69. The summed E-state index contributed by atoms with van der Waals surface area (Å²) in [5, 5.41) is 2.82. The quantitative estimate of drug-likeness (QED) is 0.541. The minimum atomic E-state index is -3.88. The van der Waals surface area contributed by atoms with E-state index in [1.807, 2.05) is 13.8 Å². The van der Waals surface area contributed by atoms with Crippen molar-refractivity contribution >= 4 is 21.6 Å². The van der Waals surface area contributed by atoms with E-state index in [4.69, 9.17) is 4.74 Å². The van der Waals surface area contributed by atoms with Crippen molar-refractivity contribution in [1.82, 2.24) is 13.9 Å². The van der Waals surface area contributed by atoms with Gasteiger partial charge in [0.05, 0.1) is 18.5 Å². The van der Waals surface area contributed by atoms with Gasteiger partial charge in [-0.2, -0.15) is 4.31 Å². The number of para-hydroxylation sites is 2. The van der Waals surface area contributed by atoms with Crippen molar-refractivity contribution in [3.8, 4) is 11.4 Å². The number of benzene rings is 2. The fourth-order valence-electron chi connectivity index (χ4n) is 4.68. The van der Waals surface area contributed by atoms with Crippen LogP contribution in [0, 0.1) is 18.8 Å². The van der Waals surface area contributed by atoms with E-state index in [9.17, 15) is 18.0 Å². The van der Waals surface area contributed by atoms with Crippen molar-refractivity contribution in [2.24, 2.45) is 11.8 Å². The normalized spacial score (nSPS) is 18.9. The van der Waals surface area contributed by atoms with Crippen molar-refractivity contribution in [1.29, 1.82) is 0 Å². The van der Waals surface area contributed by atoms with Gasteiger partial charge >= 0.3 is 5.69 Å². The zero-order valence-electron chi connectivity index (χ0n) is 20.2. The zero-order valence-corrected chi connectivity index (χ0v) is 21.1. The van der Waals surface area contributed by atoms with E-state index in [0.717, 1.165) is 6.42 Å². The number of ether oxygens (including phenoxy) is 1. The molecule has 0 radical (unpaired) electrons. The van der Waals surface area contributed by atoms with Gasteiger partial charge in [-0.05, 0) is 55.5 Å². The lowest BCUT2D eigenvalue weighted by molar-refractivity contribution is 0.102. The Balaban J connectivity index is 1.68. The molecule has 2 unspecified atom stereocenters. The fraction of sp³-hybridized carbons (Fsp3) is 0.360. The van der Waals surface area contributed by atoms with Gasteiger partial charge in [-0.1, -0.05) is 26.0 Å². The Bertz CT molecular complexity index is 1400. The van der Waals surface area contributed by atoms with Gasteiger partial charge in [-0.25, -0.2) is 13.2 Å². The SMILES string of the molecule is COc1ccc(C(=O)Nc2ccccc2-n2c(C)c[nH]c2=O)cc1S(=O)(=O)N1CC(C)CC(C)C1. The Morgan fingerprint density at radius 3 is 2.43 bits per heavy atom. The zero-order chi connectivity index (χ0) is 25.3. The van der Waals surface area contributed by atoms with Crippen molar-refractivity contribution in [3.63, 3.8) is 0 Å². The minimum absolute atomic E-state index is 0.0417. The number of piperidine rings is 1. The smallest absolute Gasteiger partial charge is 0.330 e. The molecule has 1 aliphatic heterocycles. The monoisotopic (exact) mass is 498 g/mol. The Hall–Kier alpha value is -3.37. The van der Waals surface area contributed by atoms with Crippen molar-refractivity contribution < 1.29 is 17.9 Å². The molecule has 4 rings (SSSR count). The van der Waals surface area contributed by atoms with Crippen LogP contribution in [0.5, 0.6) is 5.75 Å². The number of anilines is 1. The van der Waals surface area contributed by atoms with E-state index in [-0.39, 0.29) is 33.7 Å². The van der Waals surface area contributed by atoms with Gasteiger partial charge in [0.15, 0.2) is 0 Å². The van der Waals surface area contributed by atoms with E-state index in [0.29, 0.717) is 30.2 Å². The van der Waals surface area contributed by atoms with Crippen LogP contribution < -0.4 is 15.7 Å². The molecule has 2 atom stereocenters. The number of imidazole rings is 1. The van der Waals surface area contributed by atoms with Crippen LogP contribution in [-0.2, 0) is 10.0 Å². The molecule has 3 aromatic rings. The third-order valence-corrected chi connectivity index (χ3v) is 8.09. The van der Waals surface area contributed by atoms with Crippen LogP contribution in [0.15, 0.2) is 58.4 Å². The number of aryl methyl sites for hydroxylation is 1. The molecule has 1 fully saturated rings. The number of aromatic nitrogens is 2. The molecule has 186 valence electrons. The van der Waals surface area contributed by atoms with Crippen LogP contribution in [0.25, 0.3) is 5.69 Å². The van der Waals surface area contributed by atoms with Gasteiger partial charge in [-0.3, -0.25) is 9.36 Å². The number of nitrogens with zero attached hydrogens (tertiary/aromatic N) is 2. The maximum Gasteiger partial charge on any atom is 0.330 e. The van der Waals surface area contributed by atoms with E-state index < -0.39 is 15.9 Å². The molecule has 1 amide bonds. The second-order valence-electron chi connectivity index (χ2n) is 9.18. The molecule has 10 heteroatoms. The van der Waals surface area contributed by atoms with Gasteiger partial charge in [-0.15, -0.1) is 0 Å². The predicted molar refractivity (Wildman–Crippen MR) is 134 cm³/mol. The number of carbonyl (C=O) groups excluding carboxylic acids is 1. The lowest BCUT2D eigenvalue weighted by atomic mass is 9.94. The topological polar surface area (TPSA) is 113 Å². The van der Waals surface area contributed by atoms with Crippen molar-refractivity contribution in [3.05, 3.63) is 70.4 Å². The van der Waals surface area contributed by atoms with Gasteiger partial charge in [0, 0.05) is 30.5 Å². The molecule has 0 aliphatic carbocycles. The summed E-state index contributed by atoms with van der Waals surface area (Å²) >= 11 is 0. The highest BCUT2D eigenvalue weighted by atomic mass is 32.2. The largest absolute Gasteiger partial charge is 0.495 e. The van der Waals surface area contributed by atoms with Gasteiger partial charge < -0.3 is 15.0 Å². The summed E-state index contributed by atoms with van der Waals surface area (Å²) in [5.41, 5.74) is 1.44. The summed E-state index contributed by atoms with van der Waals surface area (Å²) in [6, 6.07) is 11.3. The maximum absolute atomic E-state index is 13.5. The summed E-state index contributed by atoms with van der Waals surface area (Å²) in [7, 11) is -2.47. The van der Waals surface area contributed by atoms with Crippen LogP contribution >= 0.6 is 0 Å². The highest BCUT2D eigenvalue weighted by Crippen LogP contribution is 2.32. The Labute approximate surface area is 204 Å². The predicted octanol–water partition coefficient (Wildman–Crippen LogP) is 3.40. The number of hydrogen-bond donors (Lipinski definition) is 2. The molecule has 2 heterocycles. The molecular formula is C25H30N4O5S. The number of nitrogens with one attached hydrogen (secondary N) is 2. The third kappa shape index (κ3) is 4.89.